The highest BCUT2D eigenvalue weighted by atomic mass is 35.5. The van der Waals surface area contributed by atoms with E-state index in [0.717, 1.165) is 27.5 Å². The van der Waals surface area contributed by atoms with Crippen LogP contribution in [-0.2, 0) is 11.2 Å². The predicted molar refractivity (Wildman–Crippen MR) is 158 cm³/mol. The maximum atomic E-state index is 13.8. The molecule has 0 unspecified atom stereocenters. The number of pyridine rings is 1. The summed E-state index contributed by atoms with van der Waals surface area (Å²) < 4.78 is 12.0. The van der Waals surface area contributed by atoms with Crippen molar-refractivity contribution < 1.29 is 24.2 Å². The van der Waals surface area contributed by atoms with E-state index >= 15 is 0 Å². The fourth-order valence-electron chi connectivity index (χ4n) is 5.55. The van der Waals surface area contributed by atoms with Crippen LogP contribution in [0.3, 0.4) is 0 Å². The second-order valence-electron chi connectivity index (χ2n) is 10.2. The molecule has 3 aromatic carbocycles. The standard InChI is InChI=1S/C32H28ClN3O5/c1-19-4-3-5-24-28(38)13-26-31(30(19)24)22(14-33)16-36(26)32(39)25-17-35-15-20(6-11-29(35)34-25)12-27(37)21-7-9-23(10-8-21)41-18-40-2/h3-11,13,15,17,22,38H,12,14,16,18H2,1-2H3/t22-/m1/s1. The molecule has 0 radical (unpaired) electrons. The van der Waals surface area contributed by atoms with Crippen LogP contribution in [0.4, 0.5) is 5.69 Å². The average molecular weight is 570 g/mol. The molecule has 0 saturated heterocycles. The summed E-state index contributed by atoms with van der Waals surface area (Å²) in [7, 11) is 1.55. The average Bonchev–Trinajstić information content (AvgIpc) is 3.57. The Bertz CT molecular complexity index is 1800. The highest BCUT2D eigenvalue weighted by Crippen LogP contribution is 2.46. The normalized spacial score (nSPS) is 14.5. The van der Waals surface area contributed by atoms with E-state index in [0.29, 0.717) is 35.1 Å². The van der Waals surface area contributed by atoms with Gasteiger partial charge in [0.15, 0.2) is 12.6 Å². The monoisotopic (exact) mass is 569 g/mol. The summed E-state index contributed by atoms with van der Waals surface area (Å²) in [5.74, 6) is 0.700. The third kappa shape index (κ3) is 4.90. The maximum absolute atomic E-state index is 13.8. The van der Waals surface area contributed by atoms with Crippen molar-refractivity contribution in [3.63, 3.8) is 0 Å². The summed E-state index contributed by atoms with van der Waals surface area (Å²) >= 11 is 6.38. The Morgan fingerprint density at radius 3 is 2.66 bits per heavy atom. The molecule has 41 heavy (non-hydrogen) atoms. The van der Waals surface area contributed by atoms with Gasteiger partial charge in [-0.1, -0.05) is 24.3 Å². The Morgan fingerprint density at radius 2 is 1.90 bits per heavy atom. The van der Waals surface area contributed by atoms with Crippen molar-refractivity contribution >= 4 is 45.4 Å². The van der Waals surface area contributed by atoms with Crippen LogP contribution in [-0.4, -0.2) is 52.5 Å². The molecular weight excluding hydrogens is 542 g/mol. The number of phenolic OH excluding ortho intramolecular Hbond substituents is 1. The van der Waals surface area contributed by atoms with Crippen LogP contribution in [0.1, 0.15) is 43.5 Å². The molecule has 8 nitrogen and oxygen atoms in total. The van der Waals surface area contributed by atoms with E-state index in [1.807, 2.05) is 37.4 Å². The van der Waals surface area contributed by atoms with Crippen LogP contribution in [0, 0.1) is 6.92 Å². The van der Waals surface area contributed by atoms with Crippen LogP contribution >= 0.6 is 11.6 Å². The molecule has 0 bridgehead atoms. The molecule has 0 saturated carbocycles. The third-order valence-corrected chi connectivity index (χ3v) is 7.89. The summed E-state index contributed by atoms with van der Waals surface area (Å²) in [4.78, 5) is 32.9. The summed E-state index contributed by atoms with van der Waals surface area (Å²) in [6.07, 6.45) is 3.68. The number of fused-ring (bicyclic) bond motifs is 4. The summed E-state index contributed by atoms with van der Waals surface area (Å²) in [6, 6.07) is 18.0. The van der Waals surface area contributed by atoms with Crippen LogP contribution in [0.25, 0.3) is 16.4 Å². The first-order chi connectivity index (χ1) is 19.9. The number of hydrogen-bond acceptors (Lipinski definition) is 6. The van der Waals surface area contributed by atoms with Crippen LogP contribution in [0.15, 0.2) is 73.1 Å². The molecule has 6 rings (SSSR count). The van der Waals surface area contributed by atoms with Gasteiger partial charge in [0.05, 0.1) is 5.69 Å². The number of ether oxygens (including phenoxy) is 2. The molecule has 0 spiro atoms. The van der Waals surface area contributed by atoms with E-state index < -0.39 is 0 Å². The number of aryl methyl sites for hydroxylation is 1. The number of methoxy groups -OCH3 is 1. The predicted octanol–water partition coefficient (Wildman–Crippen LogP) is 5.89. The van der Waals surface area contributed by atoms with Gasteiger partial charge < -0.3 is 23.9 Å². The smallest absolute Gasteiger partial charge is 0.278 e. The lowest BCUT2D eigenvalue weighted by Gasteiger charge is -2.17. The number of alkyl halides is 1. The Labute approximate surface area is 241 Å². The van der Waals surface area contributed by atoms with Crippen molar-refractivity contribution in [3.05, 3.63) is 101 Å². The zero-order valence-electron chi connectivity index (χ0n) is 22.6. The van der Waals surface area contributed by atoms with E-state index in [4.69, 9.17) is 21.1 Å². The zero-order valence-corrected chi connectivity index (χ0v) is 23.4. The molecule has 1 aliphatic rings. The number of imidazole rings is 1. The van der Waals surface area contributed by atoms with Crippen molar-refractivity contribution in [1.82, 2.24) is 9.38 Å². The molecular formula is C32H28ClN3O5. The minimum atomic E-state index is -0.275. The number of carbonyl (C=O) groups is 2. The molecule has 208 valence electrons. The topological polar surface area (TPSA) is 93.4 Å². The molecule has 0 fully saturated rings. The number of ketones is 1. The number of anilines is 1. The Kier molecular flexibility index (Phi) is 7.11. The molecule has 9 heteroatoms. The van der Waals surface area contributed by atoms with Gasteiger partial charge in [-0.15, -0.1) is 11.6 Å². The van der Waals surface area contributed by atoms with Gasteiger partial charge in [0.2, 0.25) is 0 Å². The Hall–Kier alpha value is -4.40. The van der Waals surface area contributed by atoms with Crippen molar-refractivity contribution in [2.75, 3.05) is 31.2 Å². The fraction of sp³-hybridized carbons (Fsp3) is 0.219. The Balaban J connectivity index is 1.26. The summed E-state index contributed by atoms with van der Waals surface area (Å²) in [5, 5.41) is 12.5. The first-order valence-corrected chi connectivity index (χ1v) is 13.8. The molecule has 1 amide bonds. The molecule has 1 N–H and O–H groups in total. The van der Waals surface area contributed by atoms with Gasteiger partial charge in [-0.3, -0.25) is 9.59 Å². The van der Waals surface area contributed by atoms with Gasteiger partial charge in [-0.25, -0.2) is 4.98 Å². The lowest BCUT2D eigenvalue weighted by Crippen LogP contribution is -2.30. The summed E-state index contributed by atoms with van der Waals surface area (Å²) in [6.45, 7) is 2.53. The van der Waals surface area contributed by atoms with Gasteiger partial charge in [-0.05, 0) is 59.3 Å². The van der Waals surface area contributed by atoms with Crippen molar-refractivity contribution in [2.24, 2.45) is 0 Å². The highest BCUT2D eigenvalue weighted by Gasteiger charge is 2.36. The van der Waals surface area contributed by atoms with Crippen LogP contribution in [0.5, 0.6) is 11.5 Å². The lowest BCUT2D eigenvalue weighted by molar-refractivity contribution is 0.0511. The van der Waals surface area contributed by atoms with Crippen molar-refractivity contribution in [2.45, 2.75) is 19.3 Å². The molecule has 3 heterocycles. The minimum Gasteiger partial charge on any atom is -0.507 e. The molecule has 2 aromatic heterocycles. The molecule has 1 atom stereocenters. The number of aromatic nitrogens is 2. The third-order valence-electron chi connectivity index (χ3n) is 7.52. The second-order valence-corrected chi connectivity index (χ2v) is 10.5. The number of aromatic hydroxyl groups is 1. The SMILES string of the molecule is COCOc1ccc(C(=O)Cc2ccc3nc(C(=O)N4C[C@@H](CCl)c5c4cc(O)c4cccc(C)c54)cn3c2)cc1. The zero-order chi connectivity index (χ0) is 28.7. The number of nitrogens with zero attached hydrogens (tertiary/aromatic N) is 3. The van der Waals surface area contributed by atoms with Crippen molar-refractivity contribution in [3.8, 4) is 11.5 Å². The number of rotatable bonds is 8. The minimum absolute atomic E-state index is 0.0397. The van der Waals surface area contributed by atoms with E-state index in [1.165, 1.54) is 0 Å². The van der Waals surface area contributed by atoms with E-state index in [9.17, 15) is 14.7 Å². The molecule has 0 aliphatic carbocycles. The van der Waals surface area contributed by atoms with Gasteiger partial charge in [0.1, 0.15) is 22.8 Å². The van der Waals surface area contributed by atoms with Crippen LogP contribution < -0.4 is 9.64 Å². The van der Waals surface area contributed by atoms with Gasteiger partial charge in [-0.2, -0.15) is 0 Å². The first kappa shape index (κ1) is 26.8. The quantitative estimate of drug-likeness (QED) is 0.142. The molecule has 1 aliphatic heterocycles. The van der Waals surface area contributed by atoms with E-state index in [1.54, 1.807) is 59.0 Å². The fourth-order valence-corrected chi connectivity index (χ4v) is 5.80. The number of halogens is 1. The number of phenols is 1. The van der Waals surface area contributed by atoms with Gasteiger partial charge in [0, 0.05) is 61.3 Å². The number of hydrogen-bond donors (Lipinski definition) is 1. The number of benzene rings is 3. The summed E-state index contributed by atoms with van der Waals surface area (Å²) in [5.41, 5.74) is 4.87. The molecule has 5 aromatic rings. The second kappa shape index (κ2) is 10.9. The van der Waals surface area contributed by atoms with E-state index in [2.05, 4.69) is 4.98 Å². The van der Waals surface area contributed by atoms with E-state index in [-0.39, 0.29) is 42.3 Å². The van der Waals surface area contributed by atoms with Crippen LogP contribution in [0.2, 0.25) is 0 Å². The number of Topliss-reactive ketones (excluding diaryl/α,β-unsaturated/α-hetero) is 1. The lowest BCUT2D eigenvalue weighted by atomic mass is 9.92. The van der Waals surface area contributed by atoms with Gasteiger partial charge in [0.25, 0.3) is 5.91 Å². The van der Waals surface area contributed by atoms with Crippen molar-refractivity contribution in [1.29, 1.82) is 0 Å². The number of carbonyl (C=O) groups excluding carboxylic acids is 2. The maximum Gasteiger partial charge on any atom is 0.278 e. The largest absolute Gasteiger partial charge is 0.507 e. The van der Waals surface area contributed by atoms with Gasteiger partial charge >= 0.3 is 0 Å². The Morgan fingerprint density at radius 1 is 1.10 bits per heavy atom. The highest BCUT2D eigenvalue weighted by molar-refractivity contribution is 6.19. The number of amides is 1. The first-order valence-electron chi connectivity index (χ1n) is 13.2.